The van der Waals surface area contributed by atoms with Gasteiger partial charge in [-0.25, -0.2) is 0 Å². The summed E-state index contributed by atoms with van der Waals surface area (Å²) >= 11 is 0. The van der Waals surface area contributed by atoms with Gasteiger partial charge in [-0.15, -0.1) is 0 Å². The van der Waals surface area contributed by atoms with E-state index in [1.165, 1.54) is 23.0 Å². The molecule has 1 amide bonds. The molecule has 0 bridgehead atoms. The summed E-state index contributed by atoms with van der Waals surface area (Å²) in [7, 11) is 1.43. The van der Waals surface area contributed by atoms with Crippen LogP contribution < -0.4 is 9.64 Å². The van der Waals surface area contributed by atoms with Crippen LogP contribution in [0, 0.1) is 0 Å². The number of rotatable bonds is 8. The second kappa shape index (κ2) is 9.66. The summed E-state index contributed by atoms with van der Waals surface area (Å²) in [4.78, 5) is 28.8. The molecule has 31 heavy (non-hydrogen) atoms. The fourth-order valence-corrected chi connectivity index (χ4v) is 3.96. The molecule has 0 spiro atoms. The van der Waals surface area contributed by atoms with Crippen LogP contribution >= 0.6 is 0 Å². The third kappa shape index (κ3) is 4.41. The lowest BCUT2D eigenvalue weighted by molar-refractivity contribution is -0.895. The van der Waals surface area contributed by atoms with Gasteiger partial charge in [-0.2, -0.15) is 0 Å². The average Bonchev–Trinajstić information content (AvgIpc) is 3.05. The third-order valence-electron chi connectivity index (χ3n) is 5.81. The number of hydrogen-bond donors (Lipinski definition) is 3. The Morgan fingerprint density at radius 1 is 1.10 bits per heavy atom. The SMILES string of the molecule is CC[NH+](CC)CCN1C(=O)C(=O)C(=C(O)c2ccccc2)[C@@H]1c1ccc(O)c(OC)c1. The van der Waals surface area contributed by atoms with Crippen molar-refractivity contribution in [1.82, 2.24) is 4.90 Å². The van der Waals surface area contributed by atoms with Crippen molar-refractivity contribution in [3.05, 3.63) is 65.2 Å². The first-order valence-electron chi connectivity index (χ1n) is 10.5. The number of likely N-dealkylation sites (tertiary alicyclic amines) is 1. The zero-order valence-corrected chi connectivity index (χ0v) is 18.1. The molecule has 2 aromatic carbocycles. The molecule has 3 N–H and O–H groups in total. The Bertz CT molecular complexity index is 983. The van der Waals surface area contributed by atoms with Gasteiger partial charge in [0, 0.05) is 5.56 Å². The molecule has 164 valence electrons. The molecule has 1 aliphatic heterocycles. The Balaban J connectivity index is 2.13. The van der Waals surface area contributed by atoms with Crippen molar-refractivity contribution in [2.75, 3.05) is 33.3 Å². The number of phenolic OH excluding ortho intramolecular Hbond substituents is 1. The van der Waals surface area contributed by atoms with E-state index in [-0.39, 0.29) is 22.8 Å². The molecule has 0 unspecified atom stereocenters. The highest BCUT2D eigenvalue weighted by atomic mass is 16.5. The number of carbonyl (C=O) groups is 2. The molecule has 1 atom stereocenters. The topological polar surface area (TPSA) is 91.5 Å². The highest BCUT2D eigenvalue weighted by Crippen LogP contribution is 2.41. The first-order chi connectivity index (χ1) is 14.9. The van der Waals surface area contributed by atoms with Crippen molar-refractivity contribution < 1.29 is 29.4 Å². The first kappa shape index (κ1) is 22.4. The summed E-state index contributed by atoms with van der Waals surface area (Å²) in [6.07, 6.45) is 0. The van der Waals surface area contributed by atoms with Gasteiger partial charge in [0.15, 0.2) is 11.5 Å². The van der Waals surface area contributed by atoms with E-state index in [1.54, 1.807) is 36.4 Å². The Hall–Kier alpha value is -3.32. The molecule has 0 aromatic heterocycles. The highest BCUT2D eigenvalue weighted by molar-refractivity contribution is 6.46. The third-order valence-corrected chi connectivity index (χ3v) is 5.81. The molecule has 2 aromatic rings. The van der Waals surface area contributed by atoms with Crippen molar-refractivity contribution >= 4 is 17.4 Å². The molecule has 1 fully saturated rings. The summed E-state index contributed by atoms with van der Waals surface area (Å²) in [5.74, 6) is -1.38. The van der Waals surface area contributed by atoms with Crippen molar-refractivity contribution in [2.45, 2.75) is 19.9 Å². The number of nitrogens with one attached hydrogen (secondary N) is 1. The Labute approximate surface area is 182 Å². The number of aliphatic hydroxyl groups is 1. The number of ether oxygens (including phenoxy) is 1. The number of amides is 1. The van der Waals surface area contributed by atoms with Crippen LogP contribution in [0.1, 0.15) is 31.0 Å². The highest BCUT2D eigenvalue weighted by Gasteiger charge is 2.46. The molecular weight excluding hydrogens is 396 g/mol. The van der Waals surface area contributed by atoms with Crippen molar-refractivity contribution in [1.29, 1.82) is 0 Å². The van der Waals surface area contributed by atoms with E-state index in [4.69, 9.17) is 4.74 Å². The normalized spacial score (nSPS) is 18.1. The van der Waals surface area contributed by atoms with Crippen LogP contribution in [0.25, 0.3) is 5.76 Å². The smallest absolute Gasteiger partial charge is 0.295 e. The molecular formula is C24H29N2O5+. The van der Waals surface area contributed by atoms with Crippen LogP contribution in [0.5, 0.6) is 11.5 Å². The van der Waals surface area contributed by atoms with Gasteiger partial charge in [-0.1, -0.05) is 36.4 Å². The summed E-state index contributed by atoms with van der Waals surface area (Å²) < 4.78 is 5.23. The summed E-state index contributed by atoms with van der Waals surface area (Å²) in [6, 6.07) is 12.6. The predicted octanol–water partition coefficient (Wildman–Crippen LogP) is 1.75. The summed E-state index contributed by atoms with van der Waals surface area (Å²) in [5, 5.41) is 21.0. The molecule has 0 aliphatic carbocycles. The number of hydrogen-bond acceptors (Lipinski definition) is 5. The molecule has 1 aliphatic rings. The van der Waals surface area contributed by atoms with Gasteiger partial charge >= 0.3 is 0 Å². The van der Waals surface area contributed by atoms with Crippen LogP contribution in [0.3, 0.4) is 0 Å². The number of likely N-dealkylation sites (N-methyl/N-ethyl adjacent to an activating group) is 1. The van der Waals surface area contributed by atoms with Crippen LogP contribution in [0.4, 0.5) is 0 Å². The summed E-state index contributed by atoms with van der Waals surface area (Å²) in [5.41, 5.74) is 1.09. The number of quaternary nitrogens is 1. The quantitative estimate of drug-likeness (QED) is 0.341. The van der Waals surface area contributed by atoms with Crippen LogP contribution in [-0.2, 0) is 9.59 Å². The summed E-state index contributed by atoms with van der Waals surface area (Å²) in [6.45, 7) is 7.00. The number of benzene rings is 2. The van der Waals surface area contributed by atoms with Crippen molar-refractivity contribution in [2.24, 2.45) is 0 Å². The van der Waals surface area contributed by atoms with Gasteiger partial charge in [0.05, 0.1) is 44.9 Å². The maximum absolute atomic E-state index is 13.0. The van der Waals surface area contributed by atoms with Crippen LogP contribution in [-0.4, -0.2) is 60.1 Å². The lowest BCUT2D eigenvalue weighted by Crippen LogP contribution is -3.12. The number of aromatic hydroxyl groups is 1. The van der Waals surface area contributed by atoms with Crippen LogP contribution in [0.15, 0.2) is 54.1 Å². The van der Waals surface area contributed by atoms with E-state index < -0.39 is 17.7 Å². The molecule has 3 rings (SSSR count). The van der Waals surface area contributed by atoms with E-state index in [0.29, 0.717) is 24.2 Å². The Kier molecular flexibility index (Phi) is 6.97. The van der Waals surface area contributed by atoms with Gasteiger partial charge in [0.1, 0.15) is 5.76 Å². The number of ketones is 1. The minimum atomic E-state index is -0.773. The maximum atomic E-state index is 13.0. The molecule has 0 radical (unpaired) electrons. The number of Topliss-reactive ketones (excluding diaryl/α,β-unsaturated/α-hetero) is 1. The van der Waals surface area contributed by atoms with E-state index >= 15 is 0 Å². The number of nitrogens with zero attached hydrogens (tertiary/aromatic N) is 1. The van der Waals surface area contributed by atoms with Gasteiger partial charge in [0.2, 0.25) is 0 Å². The fourth-order valence-electron chi connectivity index (χ4n) is 3.96. The van der Waals surface area contributed by atoms with E-state index in [1.807, 2.05) is 6.07 Å². The molecule has 7 nitrogen and oxygen atoms in total. The van der Waals surface area contributed by atoms with E-state index in [2.05, 4.69) is 13.8 Å². The van der Waals surface area contributed by atoms with Crippen molar-refractivity contribution in [3.8, 4) is 11.5 Å². The van der Waals surface area contributed by atoms with E-state index in [0.717, 1.165) is 13.1 Å². The monoisotopic (exact) mass is 425 g/mol. The molecule has 1 saturated heterocycles. The standard InChI is InChI=1S/C24H28N2O5/c1-4-25(5-2)13-14-26-21(17-11-12-18(27)19(15-17)31-3)20(23(29)24(26)30)22(28)16-9-7-6-8-10-16/h6-12,15,21,27-28H,4-5,13-14H2,1-3H3/p+1/t21-/m0/s1. The van der Waals surface area contributed by atoms with Crippen LogP contribution in [0.2, 0.25) is 0 Å². The van der Waals surface area contributed by atoms with Gasteiger partial charge < -0.3 is 24.7 Å². The Morgan fingerprint density at radius 2 is 1.77 bits per heavy atom. The zero-order chi connectivity index (χ0) is 22.5. The zero-order valence-electron chi connectivity index (χ0n) is 18.1. The van der Waals surface area contributed by atoms with Crippen molar-refractivity contribution in [3.63, 3.8) is 0 Å². The second-order valence-corrected chi connectivity index (χ2v) is 7.50. The molecule has 1 heterocycles. The number of phenols is 1. The Morgan fingerprint density at radius 3 is 2.39 bits per heavy atom. The predicted molar refractivity (Wildman–Crippen MR) is 117 cm³/mol. The van der Waals surface area contributed by atoms with Gasteiger partial charge in [-0.3, -0.25) is 9.59 Å². The number of carbonyl (C=O) groups excluding carboxylic acids is 2. The van der Waals surface area contributed by atoms with E-state index in [9.17, 15) is 19.8 Å². The lowest BCUT2D eigenvalue weighted by atomic mass is 9.95. The van der Waals surface area contributed by atoms with Gasteiger partial charge in [-0.05, 0) is 31.5 Å². The molecule has 0 saturated carbocycles. The second-order valence-electron chi connectivity index (χ2n) is 7.50. The molecule has 7 heteroatoms. The fraction of sp³-hybridized carbons (Fsp3) is 0.333. The lowest BCUT2D eigenvalue weighted by Gasteiger charge is -2.27. The minimum Gasteiger partial charge on any atom is -0.507 e. The first-order valence-corrected chi connectivity index (χ1v) is 10.5. The van der Waals surface area contributed by atoms with Gasteiger partial charge in [0.25, 0.3) is 11.7 Å². The minimum absolute atomic E-state index is 0.0403. The number of aliphatic hydroxyl groups excluding tert-OH is 1. The maximum Gasteiger partial charge on any atom is 0.295 e. The largest absolute Gasteiger partial charge is 0.507 e. The average molecular weight is 426 g/mol. The number of methoxy groups -OCH3 is 1.